The van der Waals surface area contributed by atoms with Crippen LogP contribution in [0.4, 0.5) is 5.69 Å². The molecular formula is C35H36Cl3N3O4S. The van der Waals surface area contributed by atoms with Gasteiger partial charge in [-0.1, -0.05) is 95.5 Å². The molecule has 242 valence electrons. The van der Waals surface area contributed by atoms with Gasteiger partial charge >= 0.3 is 0 Å². The molecule has 0 spiro atoms. The monoisotopic (exact) mass is 699 g/mol. The van der Waals surface area contributed by atoms with Crippen LogP contribution in [-0.4, -0.2) is 43.3 Å². The van der Waals surface area contributed by atoms with E-state index in [1.165, 1.54) is 23.1 Å². The number of halogens is 3. The number of hydrogen-bond acceptors (Lipinski definition) is 4. The van der Waals surface area contributed by atoms with Crippen LogP contribution in [-0.2, 0) is 32.6 Å². The van der Waals surface area contributed by atoms with Gasteiger partial charge in [0.05, 0.1) is 20.6 Å². The van der Waals surface area contributed by atoms with E-state index >= 15 is 0 Å². The van der Waals surface area contributed by atoms with Crippen molar-refractivity contribution in [2.24, 2.45) is 0 Å². The van der Waals surface area contributed by atoms with Crippen molar-refractivity contribution in [1.82, 2.24) is 10.2 Å². The summed E-state index contributed by atoms with van der Waals surface area (Å²) in [7, 11) is -4.24. The highest BCUT2D eigenvalue weighted by molar-refractivity contribution is 7.92. The third kappa shape index (κ3) is 9.04. The van der Waals surface area contributed by atoms with Crippen molar-refractivity contribution in [3.8, 4) is 0 Å². The molecule has 2 amide bonds. The average Bonchev–Trinajstić information content (AvgIpc) is 3.00. The minimum absolute atomic E-state index is 0.00171. The minimum Gasteiger partial charge on any atom is -0.350 e. The molecule has 0 heterocycles. The first kappa shape index (κ1) is 35.3. The second-order valence-corrected chi connectivity index (χ2v) is 15.1. The molecule has 4 aromatic rings. The van der Waals surface area contributed by atoms with E-state index in [2.05, 4.69) is 5.32 Å². The number of carbonyl (C=O) groups excluding carboxylic acids is 2. The van der Waals surface area contributed by atoms with Gasteiger partial charge in [0.25, 0.3) is 10.0 Å². The van der Waals surface area contributed by atoms with E-state index in [4.69, 9.17) is 34.8 Å². The number of aryl methyl sites for hydroxylation is 1. The van der Waals surface area contributed by atoms with E-state index in [1.807, 2.05) is 51.1 Å². The van der Waals surface area contributed by atoms with Crippen LogP contribution in [0.2, 0.25) is 15.1 Å². The van der Waals surface area contributed by atoms with Crippen molar-refractivity contribution in [3.05, 3.63) is 129 Å². The fraction of sp³-hybridized carbons (Fsp3) is 0.257. The van der Waals surface area contributed by atoms with Gasteiger partial charge in [-0.05, 0) is 80.8 Å². The number of hydrogen-bond donors (Lipinski definition) is 1. The first-order valence-electron chi connectivity index (χ1n) is 14.6. The Balaban J connectivity index is 1.84. The number of nitrogens with zero attached hydrogens (tertiary/aromatic N) is 2. The van der Waals surface area contributed by atoms with Crippen molar-refractivity contribution in [3.63, 3.8) is 0 Å². The molecule has 1 unspecified atom stereocenters. The van der Waals surface area contributed by atoms with Crippen molar-refractivity contribution >= 4 is 62.3 Å². The summed E-state index contributed by atoms with van der Waals surface area (Å²) >= 11 is 19.0. The molecule has 46 heavy (non-hydrogen) atoms. The molecule has 0 aliphatic rings. The Labute approximate surface area is 286 Å². The van der Waals surface area contributed by atoms with Crippen LogP contribution in [0.5, 0.6) is 0 Å². The van der Waals surface area contributed by atoms with Crippen molar-refractivity contribution < 1.29 is 18.0 Å². The lowest BCUT2D eigenvalue weighted by Gasteiger charge is -2.35. The lowest BCUT2D eigenvalue weighted by atomic mass is 10.0. The van der Waals surface area contributed by atoms with E-state index < -0.39 is 34.1 Å². The second-order valence-electron chi connectivity index (χ2n) is 12.0. The van der Waals surface area contributed by atoms with Crippen LogP contribution in [0.1, 0.15) is 37.5 Å². The summed E-state index contributed by atoms with van der Waals surface area (Å²) in [5.41, 5.74) is 1.78. The first-order chi connectivity index (χ1) is 21.7. The number of benzene rings is 4. The Bertz CT molecular complexity index is 1800. The normalized spacial score (nSPS) is 12.3. The molecule has 0 saturated carbocycles. The Morgan fingerprint density at radius 1 is 0.783 bits per heavy atom. The van der Waals surface area contributed by atoms with Gasteiger partial charge < -0.3 is 10.2 Å². The third-order valence-corrected chi connectivity index (χ3v) is 10.1. The predicted molar refractivity (Wildman–Crippen MR) is 186 cm³/mol. The average molecular weight is 701 g/mol. The van der Waals surface area contributed by atoms with Gasteiger partial charge in [0.2, 0.25) is 11.8 Å². The van der Waals surface area contributed by atoms with E-state index in [9.17, 15) is 18.0 Å². The number of sulfonamides is 1. The Morgan fingerprint density at radius 2 is 1.41 bits per heavy atom. The van der Waals surface area contributed by atoms with Gasteiger partial charge in [-0.3, -0.25) is 13.9 Å². The van der Waals surface area contributed by atoms with E-state index in [-0.39, 0.29) is 34.5 Å². The Hall–Kier alpha value is -3.56. The maximum absolute atomic E-state index is 14.6. The van der Waals surface area contributed by atoms with Crippen molar-refractivity contribution in [2.75, 3.05) is 10.8 Å². The summed E-state index contributed by atoms with van der Waals surface area (Å²) < 4.78 is 29.2. The van der Waals surface area contributed by atoms with Crippen LogP contribution >= 0.6 is 34.8 Å². The van der Waals surface area contributed by atoms with Gasteiger partial charge in [-0.25, -0.2) is 8.42 Å². The zero-order valence-electron chi connectivity index (χ0n) is 26.0. The quantitative estimate of drug-likeness (QED) is 0.174. The lowest BCUT2D eigenvalue weighted by Crippen LogP contribution is -2.56. The van der Waals surface area contributed by atoms with Gasteiger partial charge in [0, 0.05) is 23.5 Å². The molecule has 0 aliphatic carbocycles. The van der Waals surface area contributed by atoms with E-state index in [0.29, 0.717) is 15.6 Å². The summed E-state index contributed by atoms with van der Waals surface area (Å²) in [6.07, 6.45) is 0.178. The molecule has 0 saturated heterocycles. The topological polar surface area (TPSA) is 86.8 Å². The zero-order valence-corrected chi connectivity index (χ0v) is 29.1. The zero-order chi connectivity index (χ0) is 33.6. The molecule has 4 rings (SSSR count). The fourth-order valence-corrected chi connectivity index (χ4v) is 6.75. The number of rotatable bonds is 11. The minimum atomic E-state index is -4.24. The summed E-state index contributed by atoms with van der Waals surface area (Å²) in [5.74, 6) is -0.993. The van der Waals surface area contributed by atoms with Crippen LogP contribution in [0.3, 0.4) is 0 Å². The molecule has 0 fully saturated rings. The Morgan fingerprint density at radius 3 is 2.00 bits per heavy atom. The van der Waals surface area contributed by atoms with Gasteiger partial charge in [0.1, 0.15) is 12.6 Å². The van der Waals surface area contributed by atoms with Gasteiger partial charge in [0.15, 0.2) is 0 Å². The number of anilines is 1. The summed E-state index contributed by atoms with van der Waals surface area (Å²) in [4.78, 5) is 29.9. The van der Waals surface area contributed by atoms with Crippen LogP contribution in [0, 0.1) is 6.92 Å². The summed E-state index contributed by atoms with van der Waals surface area (Å²) in [6.45, 7) is 6.71. The van der Waals surface area contributed by atoms with E-state index in [1.54, 1.807) is 55.5 Å². The molecule has 0 aromatic heterocycles. The first-order valence-corrected chi connectivity index (χ1v) is 17.2. The Kier molecular flexibility index (Phi) is 11.4. The number of carbonyl (C=O) groups is 2. The van der Waals surface area contributed by atoms with Crippen LogP contribution < -0.4 is 9.62 Å². The van der Waals surface area contributed by atoms with E-state index in [0.717, 1.165) is 15.4 Å². The third-order valence-electron chi connectivity index (χ3n) is 7.16. The largest absolute Gasteiger partial charge is 0.350 e. The standard InChI is InChI=1S/C35H36Cl3N3O4S/c1-24-15-17-27(21-30(24)37)41(46(44,45)28-13-9-6-10-14-28)23-33(42)40(22-26-16-18-29(36)31(38)19-26)32(34(43)39-35(2,3)4)20-25-11-7-5-8-12-25/h5-19,21,32H,20,22-23H2,1-4H3,(H,39,43). The highest BCUT2D eigenvalue weighted by Crippen LogP contribution is 2.29. The molecule has 7 nitrogen and oxygen atoms in total. The molecule has 1 atom stereocenters. The van der Waals surface area contributed by atoms with Crippen molar-refractivity contribution in [2.45, 2.75) is 57.1 Å². The molecule has 11 heteroatoms. The van der Waals surface area contributed by atoms with Gasteiger partial charge in [-0.15, -0.1) is 0 Å². The maximum atomic E-state index is 14.6. The smallest absolute Gasteiger partial charge is 0.264 e. The van der Waals surface area contributed by atoms with Crippen molar-refractivity contribution in [1.29, 1.82) is 0 Å². The maximum Gasteiger partial charge on any atom is 0.264 e. The predicted octanol–water partition coefficient (Wildman–Crippen LogP) is 7.71. The summed E-state index contributed by atoms with van der Waals surface area (Å²) in [5, 5.41) is 3.98. The van der Waals surface area contributed by atoms with Gasteiger partial charge in [-0.2, -0.15) is 0 Å². The highest BCUT2D eigenvalue weighted by atomic mass is 35.5. The fourth-order valence-electron chi connectivity index (χ4n) is 4.83. The van der Waals surface area contributed by atoms with Crippen LogP contribution in [0.25, 0.3) is 0 Å². The molecule has 0 radical (unpaired) electrons. The molecule has 4 aromatic carbocycles. The number of nitrogens with one attached hydrogen (secondary N) is 1. The molecule has 0 aliphatic heterocycles. The second kappa shape index (κ2) is 14.9. The highest BCUT2D eigenvalue weighted by Gasteiger charge is 2.35. The SMILES string of the molecule is Cc1ccc(N(CC(=O)N(Cc2ccc(Cl)c(Cl)c2)C(Cc2ccccc2)C(=O)NC(C)(C)C)S(=O)(=O)c2ccccc2)cc1Cl. The molecule has 1 N–H and O–H groups in total. The number of amides is 2. The summed E-state index contributed by atoms with van der Waals surface area (Å²) in [6, 6.07) is 25.9. The molecular weight excluding hydrogens is 665 g/mol. The lowest BCUT2D eigenvalue weighted by molar-refractivity contribution is -0.140. The molecule has 0 bridgehead atoms. The van der Waals surface area contributed by atoms with Crippen LogP contribution in [0.15, 0.2) is 102 Å².